The van der Waals surface area contributed by atoms with E-state index in [0.717, 1.165) is 10.7 Å². The van der Waals surface area contributed by atoms with Crippen molar-refractivity contribution in [3.05, 3.63) is 45.9 Å². The zero-order chi connectivity index (χ0) is 12.3. The lowest BCUT2D eigenvalue weighted by molar-refractivity contribution is 1.13. The third-order valence-electron chi connectivity index (χ3n) is 2.46. The van der Waals surface area contributed by atoms with Gasteiger partial charge in [0.2, 0.25) is 0 Å². The standard InChI is InChI=1S/C14H16N2S/c1-11-10-17-14(15-11)9-6-12-4-7-13(8-5-12)16(2)3/h4-10H,1-3H3. The summed E-state index contributed by atoms with van der Waals surface area (Å²) in [5, 5.41) is 3.12. The molecule has 88 valence electrons. The summed E-state index contributed by atoms with van der Waals surface area (Å²) in [5.41, 5.74) is 3.49. The number of thiazole rings is 1. The Kier molecular flexibility index (Phi) is 3.59. The van der Waals surface area contributed by atoms with E-state index in [1.807, 2.05) is 21.0 Å². The first-order valence-corrected chi connectivity index (χ1v) is 6.41. The van der Waals surface area contributed by atoms with Crippen molar-refractivity contribution in [2.24, 2.45) is 0 Å². The second-order valence-corrected chi connectivity index (χ2v) is 5.04. The minimum Gasteiger partial charge on any atom is -0.378 e. The van der Waals surface area contributed by atoms with Crippen LogP contribution in [0.1, 0.15) is 16.3 Å². The molecule has 3 heteroatoms. The van der Waals surface area contributed by atoms with E-state index in [4.69, 9.17) is 0 Å². The first kappa shape index (κ1) is 11.9. The molecule has 0 fully saturated rings. The third kappa shape index (κ3) is 3.17. The van der Waals surface area contributed by atoms with Crippen LogP contribution in [0.5, 0.6) is 0 Å². The molecule has 0 bridgehead atoms. The average molecular weight is 244 g/mol. The average Bonchev–Trinajstić information content (AvgIpc) is 2.73. The molecular weight excluding hydrogens is 228 g/mol. The van der Waals surface area contributed by atoms with E-state index in [1.54, 1.807) is 11.3 Å². The molecule has 0 spiro atoms. The number of aryl methyl sites for hydroxylation is 1. The lowest BCUT2D eigenvalue weighted by Crippen LogP contribution is -2.07. The van der Waals surface area contributed by atoms with Crippen LogP contribution in [-0.4, -0.2) is 19.1 Å². The zero-order valence-corrected chi connectivity index (χ0v) is 11.2. The van der Waals surface area contributed by atoms with Crippen LogP contribution < -0.4 is 4.90 Å². The van der Waals surface area contributed by atoms with E-state index in [-0.39, 0.29) is 0 Å². The quantitative estimate of drug-likeness (QED) is 0.818. The molecule has 0 amide bonds. The Morgan fingerprint density at radius 1 is 1.12 bits per heavy atom. The number of rotatable bonds is 3. The maximum absolute atomic E-state index is 4.40. The van der Waals surface area contributed by atoms with Crippen molar-refractivity contribution >= 4 is 29.2 Å². The van der Waals surface area contributed by atoms with E-state index in [1.165, 1.54) is 11.3 Å². The minimum absolute atomic E-state index is 1.05. The Bertz CT molecular complexity index is 509. The number of nitrogens with zero attached hydrogens (tertiary/aromatic N) is 2. The van der Waals surface area contributed by atoms with Gasteiger partial charge in [0.1, 0.15) is 5.01 Å². The second-order valence-electron chi connectivity index (χ2n) is 4.15. The largest absolute Gasteiger partial charge is 0.378 e. The molecule has 0 aliphatic rings. The Morgan fingerprint density at radius 2 is 1.82 bits per heavy atom. The SMILES string of the molecule is Cc1csc(C=Cc2ccc(N(C)C)cc2)n1. The maximum atomic E-state index is 4.40. The third-order valence-corrected chi connectivity index (χ3v) is 3.39. The Labute approximate surface area is 106 Å². The van der Waals surface area contributed by atoms with Crippen LogP contribution in [0.3, 0.4) is 0 Å². The number of benzene rings is 1. The molecule has 1 heterocycles. The van der Waals surface area contributed by atoms with Crippen molar-refractivity contribution in [3.8, 4) is 0 Å². The van der Waals surface area contributed by atoms with Gasteiger partial charge in [0.25, 0.3) is 0 Å². The number of aromatic nitrogens is 1. The van der Waals surface area contributed by atoms with E-state index in [9.17, 15) is 0 Å². The monoisotopic (exact) mass is 244 g/mol. The fourth-order valence-corrected chi connectivity index (χ4v) is 2.19. The van der Waals surface area contributed by atoms with E-state index in [2.05, 4.69) is 51.7 Å². The van der Waals surface area contributed by atoms with Gasteiger partial charge in [-0.05, 0) is 30.7 Å². The van der Waals surface area contributed by atoms with Crippen LogP contribution in [0, 0.1) is 6.92 Å². The van der Waals surface area contributed by atoms with E-state index in [0.29, 0.717) is 0 Å². The number of hydrogen-bond acceptors (Lipinski definition) is 3. The van der Waals surface area contributed by atoms with Gasteiger partial charge in [-0.3, -0.25) is 0 Å². The van der Waals surface area contributed by atoms with Gasteiger partial charge in [0.15, 0.2) is 0 Å². The second kappa shape index (κ2) is 5.15. The van der Waals surface area contributed by atoms with Crippen molar-refractivity contribution in [2.45, 2.75) is 6.92 Å². The smallest absolute Gasteiger partial charge is 0.116 e. The molecule has 0 atom stereocenters. The van der Waals surface area contributed by atoms with Crippen molar-refractivity contribution in [1.82, 2.24) is 4.98 Å². The van der Waals surface area contributed by atoms with Gasteiger partial charge in [0.05, 0.1) is 0 Å². The summed E-state index contributed by atoms with van der Waals surface area (Å²) in [5.74, 6) is 0. The van der Waals surface area contributed by atoms with Gasteiger partial charge in [0, 0.05) is 30.9 Å². The number of anilines is 1. The Morgan fingerprint density at radius 3 is 2.35 bits per heavy atom. The van der Waals surface area contributed by atoms with E-state index >= 15 is 0 Å². The van der Waals surface area contributed by atoms with Crippen molar-refractivity contribution < 1.29 is 0 Å². The van der Waals surface area contributed by atoms with Crippen LogP contribution in [0.15, 0.2) is 29.6 Å². The lowest BCUT2D eigenvalue weighted by atomic mass is 10.2. The molecular formula is C14H16N2S. The van der Waals surface area contributed by atoms with Crippen LogP contribution >= 0.6 is 11.3 Å². The van der Waals surface area contributed by atoms with Crippen LogP contribution in [-0.2, 0) is 0 Å². The van der Waals surface area contributed by atoms with Gasteiger partial charge in [-0.25, -0.2) is 4.98 Å². The number of hydrogen-bond donors (Lipinski definition) is 0. The molecule has 2 nitrogen and oxygen atoms in total. The van der Waals surface area contributed by atoms with Gasteiger partial charge < -0.3 is 4.90 Å². The highest BCUT2D eigenvalue weighted by Gasteiger charge is 1.95. The van der Waals surface area contributed by atoms with Crippen molar-refractivity contribution in [1.29, 1.82) is 0 Å². The molecule has 2 rings (SSSR count). The van der Waals surface area contributed by atoms with Gasteiger partial charge >= 0.3 is 0 Å². The van der Waals surface area contributed by atoms with Crippen LogP contribution in [0.4, 0.5) is 5.69 Å². The normalized spacial score (nSPS) is 11.0. The highest BCUT2D eigenvalue weighted by Crippen LogP contribution is 2.16. The highest BCUT2D eigenvalue weighted by molar-refractivity contribution is 7.10. The molecule has 0 aliphatic carbocycles. The predicted molar refractivity (Wildman–Crippen MR) is 76.5 cm³/mol. The first-order chi connectivity index (χ1) is 8.15. The Balaban J connectivity index is 2.11. The topological polar surface area (TPSA) is 16.1 Å². The maximum Gasteiger partial charge on any atom is 0.116 e. The van der Waals surface area contributed by atoms with Gasteiger partial charge in [-0.2, -0.15) is 0 Å². The molecule has 2 aromatic rings. The van der Waals surface area contributed by atoms with Gasteiger partial charge in [-0.1, -0.05) is 18.2 Å². The molecule has 0 saturated carbocycles. The zero-order valence-electron chi connectivity index (χ0n) is 10.3. The molecule has 17 heavy (non-hydrogen) atoms. The van der Waals surface area contributed by atoms with Gasteiger partial charge in [-0.15, -0.1) is 11.3 Å². The molecule has 0 unspecified atom stereocenters. The van der Waals surface area contributed by atoms with E-state index < -0.39 is 0 Å². The summed E-state index contributed by atoms with van der Waals surface area (Å²) < 4.78 is 0. The molecule has 0 N–H and O–H groups in total. The highest BCUT2D eigenvalue weighted by atomic mass is 32.1. The Hall–Kier alpha value is -1.61. The lowest BCUT2D eigenvalue weighted by Gasteiger charge is -2.11. The first-order valence-electron chi connectivity index (χ1n) is 5.53. The summed E-state index contributed by atoms with van der Waals surface area (Å²) in [7, 11) is 4.09. The predicted octanol–water partition coefficient (Wildman–Crippen LogP) is 3.69. The van der Waals surface area contributed by atoms with Crippen LogP contribution in [0.2, 0.25) is 0 Å². The van der Waals surface area contributed by atoms with Crippen LogP contribution in [0.25, 0.3) is 12.2 Å². The summed E-state index contributed by atoms with van der Waals surface area (Å²) in [6, 6.07) is 8.47. The molecule has 1 aromatic heterocycles. The summed E-state index contributed by atoms with van der Waals surface area (Å²) in [6.45, 7) is 2.01. The fraction of sp³-hybridized carbons (Fsp3) is 0.214. The fourth-order valence-electron chi connectivity index (χ4n) is 1.50. The summed E-state index contributed by atoms with van der Waals surface area (Å²) >= 11 is 1.67. The molecule has 0 saturated heterocycles. The molecule has 0 aliphatic heterocycles. The van der Waals surface area contributed by atoms with Crippen molar-refractivity contribution in [3.63, 3.8) is 0 Å². The molecule has 1 aromatic carbocycles. The summed E-state index contributed by atoms with van der Waals surface area (Å²) in [6.07, 6.45) is 4.15. The summed E-state index contributed by atoms with van der Waals surface area (Å²) in [4.78, 5) is 6.49. The van der Waals surface area contributed by atoms with Crippen molar-refractivity contribution in [2.75, 3.05) is 19.0 Å². The molecule has 0 radical (unpaired) electrons. The minimum atomic E-state index is 1.05.